The van der Waals surface area contributed by atoms with Gasteiger partial charge in [0.15, 0.2) is 0 Å². The largest absolute Gasteiger partial charge is 0.466 e. The van der Waals surface area contributed by atoms with Crippen molar-refractivity contribution in [3.8, 4) is 6.07 Å². The van der Waals surface area contributed by atoms with Crippen LogP contribution in [0.1, 0.15) is 46.0 Å². The van der Waals surface area contributed by atoms with Crippen LogP contribution in [-0.4, -0.2) is 5.91 Å². The van der Waals surface area contributed by atoms with Crippen molar-refractivity contribution in [2.24, 2.45) is 0 Å². The maximum atomic E-state index is 12.2. The number of rotatable bonds is 3. The van der Waals surface area contributed by atoms with Crippen LogP contribution in [0.15, 0.2) is 34.7 Å². The molecule has 2 aromatic rings. The Morgan fingerprint density at radius 3 is 2.70 bits per heavy atom. The molecule has 102 valence electrons. The molecule has 0 fully saturated rings. The van der Waals surface area contributed by atoms with Gasteiger partial charge in [0.25, 0.3) is 5.91 Å². The molecule has 0 saturated carbocycles. The molecule has 0 aliphatic carbocycles. The molecule has 4 heteroatoms. The minimum Gasteiger partial charge on any atom is -0.466 e. The van der Waals surface area contributed by atoms with E-state index in [0.29, 0.717) is 11.1 Å². The summed E-state index contributed by atoms with van der Waals surface area (Å²) in [5, 5.41) is 11.8. The van der Waals surface area contributed by atoms with E-state index in [1.54, 1.807) is 24.3 Å². The number of nitrogens with zero attached hydrogens (tertiary/aromatic N) is 1. The second-order valence-electron chi connectivity index (χ2n) is 4.76. The van der Waals surface area contributed by atoms with Gasteiger partial charge in [0.2, 0.25) is 0 Å². The highest BCUT2D eigenvalue weighted by Crippen LogP contribution is 2.21. The van der Waals surface area contributed by atoms with E-state index in [-0.39, 0.29) is 11.9 Å². The van der Waals surface area contributed by atoms with Gasteiger partial charge in [-0.05, 0) is 45.0 Å². The van der Waals surface area contributed by atoms with Crippen LogP contribution in [-0.2, 0) is 0 Å². The van der Waals surface area contributed by atoms with E-state index in [9.17, 15) is 4.79 Å². The standard InChI is InChI=1S/C16H16N2O2/c1-10-7-15(12(3)20-10)11(2)18-16(19)14-6-4-5-13(8-14)9-17/h4-8,11H,1-3H3,(H,18,19). The number of carbonyl (C=O) groups is 1. The molecule has 1 heterocycles. The maximum absolute atomic E-state index is 12.2. The first-order valence-corrected chi connectivity index (χ1v) is 6.39. The Morgan fingerprint density at radius 2 is 2.10 bits per heavy atom. The maximum Gasteiger partial charge on any atom is 0.251 e. The van der Waals surface area contributed by atoms with E-state index >= 15 is 0 Å². The van der Waals surface area contributed by atoms with Gasteiger partial charge in [-0.1, -0.05) is 6.07 Å². The third-order valence-electron chi connectivity index (χ3n) is 3.15. The Morgan fingerprint density at radius 1 is 1.35 bits per heavy atom. The van der Waals surface area contributed by atoms with Gasteiger partial charge in [-0.3, -0.25) is 4.79 Å². The fourth-order valence-electron chi connectivity index (χ4n) is 2.17. The number of hydrogen-bond acceptors (Lipinski definition) is 3. The van der Waals surface area contributed by atoms with Crippen LogP contribution in [0.5, 0.6) is 0 Å². The second-order valence-corrected chi connectivity index (χ2v) is 4.76. The quantitative estimate of drug-likeness (QED) is 0.929. The number of amides is 1. The summed E-state index contributed by atoms with van der Waals surface area (Å²) in [5.41, 5.74) is 1.92. The Hall–Kier alpha value is -2.54. The molecular weight excluding hydrogens is 252 g/mol. The number of nitrogens with one attached hydrogen (secondary N) is 1. The highest BCUT2D eigenvalue weighted by Gasteiger charge is 2.16. The van der Waals surface area contributed by atoms with Crippen LogP contribution in [0.25, 0.3) is 0 Å². The van der Waals surface area contributed by atoms with Gasteiger partial charge < -0.3 is 9.73 Å². The van der Waals surface area contributed by atoms with Gasteiger partial charge in [-0.25, -0.2) is 0 Å². The number of benzene rings is 1. The highest BCUT2D eigenvalue weighted by atomic mass is 16.3. The van der Waals surface area contributed by atoms with Crippen molar-refractivity contribution in [2.45, 2.75) is 26.8 Å². The lowest BCUT2D eigenvalue weighted by molar-refractivity contribution is 0.0939. The summed E-state index contributed by atoms with van der Waals surface area (Å²) in [6.45, 7) is 5.66. The van der Waals surface area contributed by atoms with E-state index in [1.165, 1.54) is 0 Å². The average Bonchev–Trinajstić information content (AvgIpc) is 2.77. The molecule has 20 heavy (non-hydrogen) atoms. The molecule has 4 nitrogen and oxygen atoms in total. The van der Waals surface area contributed by atoms with Gasteiger partial charge in [-0.2, -0.15) is 5.26 Å². The fourth-order valence-corrected chi connectivity index (χ4v) is 2.17. The summed E-state index contributed by atoms with van der Waals surface area (Å²) in [5.74, 6) is 1.43. The molecule has 2 rings (SSSR count). The van der Waals surface area contributed by atoms with E-state index in [2.05, 4.69) is 5.32 Å². The Kier molecular flexibility index (Phi) is 3.90. The van der Waals surface area contributed by atoms with Crippen molar-refractivity contribution in [3.63, 3.8) is 0 Å². The normalized spacial score (nSPS) is 11.7. The molecule has 1 aromatic carbocycles. The van der Waals surface area contributed by atoms with Crippen molar-refractivity contribution in [1.82, 2.24) is 5.32 Å². The second kappa shape index (κ2) is 5.62. The summed E-state index contributed by atoms with van der Waals surface area (Å²) in [6.07, 6.45) is 0. The minimum atomic E-state index is -0.201. The lowest BCUT2D eigenvalue weighted by Gasteiger charge is -2.13. The molecular formula is C16H16N2O2. The molecule has 1 amide bonds. The lowest BCUT2D eigenvalue weighted by Crippen LogP contribution is -2.26. The first-order chi connectivity index (χ1) is 9.51. The fraction of sp³-hybridized carbons (Fsp3) is 0.250. The predicted octanol–water partition coefficient (Wildman–Crippen LogP) is 3.26. The average molecular weight is 268 g/mol. The number of hydrogen-bond donors (Lipinski definition) is 1. The van der Waals surface area contributed by atoms with Gasteiger partial charge in [0, 0.05) is 11.1 Å². The highest BCUT2D eigenvalue weighted by molar-refractivity contribution is 5.94. The zero-order valence-electron chi connectivity index (χ0n) is 11.7. The van der Waals surface area contributed by atoms with E-state index < -0.39 is 0 Å². The van der Waals surface area contributed by atoms with E-state index in [4.69, 9.17) is 9.68 Å². The number of carbonyl (C=O) groups excluding carboxylic acids is 1. The summed E-state index contributed by atoms with van der Waals surface area (Å²) >= 11 is 0. The van der Waals surface area contributed by atoms with Crippen LogP contribution < -0.4 is 5.32 Å². The monoisotopic (exact) mass is 268 g/mol. The van der Waals surface area contributed by atoms with Crippen LogP contribution in [0, 0.1) is 25.2 Å². The summed E-state index contributed by atoms with van der Waals surface area (Å²) in [6, 6.07) is 10.4. The number of nitriles is 1. The van der Waals surface area contributed by atoms with Crippen LogP contribution >= 0.6 is 0 Å². The smallest absolute Gasteiger partial charge is 0.251 e. The van der Waals surface area contributed by atoms with Crippen LogP contribution in [0.3, 0.4) is 0 Å². The summed E-state index contributed by atoms with van der Waals surface area (Å²) < 4.78 is 5.47. The van der Waals surface area contributed by atoms with E-state index in [1.807, 2.05) is 32.9 Å². The predicted molar refractivity (Wildman–Crippen MR) is 75.2 cm³/mol. The molecule has 1 unspecified atom stereocenters. The summed E-state index contributed by atoms with van der Waals surface area (Å²) in [4.78, 5) is 12.2. The van der Waals surface area contributed by atoms with Gasteiger partial charge in [0.05, 0.1) is 17.7 Å². The van der Waals surface area contributed by atoms with Crippen LogP contribution in [0.4, 0.5) is 0 Å². The van der Waals surface area contributed by atoms with Gasteiger partial charge >= 0.3 is 0 Å². The molecule has 0 saturated heterocycles. The molecule has 0 aliphatic rings. The van der Waals surface area contributed by atoms with Crippen molar-refractivity contribution in [3.05, 3.63) is 58.5 Å². The number of aryl methyl sites for hydroxylation is 2. The topological polar surface area (TPSA) is 66.0 Å². The Balaban J connectivity index is 2.15. The molecule has 1 aromatic heterocycles. The SMILES string of the molecule is Cc1cc(C(C)NC(=O)c2cccc(C#N)c2)c(C)o1. The van der Waals surface area contributed by atoms with Crippen molar-refractivity contribution in [1.29, 1.82) is 5.26 Å². The Labute approximate surface area is 118 Å². The third-order valence-corrected chi connectivity index (χ3v) is 3.15. The van der Waals surface area contributed by atoms with Gasteiger partial charge in [0.1, 0.15) is 11.5 Å². The summed E-state index contributed by atoms with van der Waals surface area (Å²) in [7, 11) is 0. The molecule has 0 bridgehead atoms. The third kappa shape index (κ3) is 2.89. The van der Waals surface area contributed by atoms with Crippen LogP contribution in [0.2, 0.25) is 0 Å². The molecule has 0 radical (unpaired) electrons. The zero-order valence-corrected chi connectivity index (χ0v) is 11.7. The van der Waals surface area contributed by atoms with Crippen molar-refractivity contribution >= 4 is 5.91 Å². The number of furan rings is 1. The van der Waals surface area contributed by atoms with E-state index in [0.717, 1.165) is 17.1 Å². The van der Waals surface area contributed by atoms with Gasteiger partial charge in [-0.15, -0.1) is 0 Å². The first-order valence-electron chi connectivity index (χ1n) is 6.39. The zero-order chi connectivity index (χ0) is 14.7. The van der Waals surface area contributed by atoms with Crippen molar-refractivity contribution < 1.29 is 9.21 Å². The lowest BCUT2D eigenvalue weighted by atomic mass is 10.1. The van der Waals surface area contributed by atoms with Crippen molar-refractivity contribution in [2.75, 3.05) is 0 Å². The molecule has 0 spiro atoms. The first kappa shape index (κ1) is 13.9. The minimum absolute atomic E-state index is 0.148. The molecule has 0 aliphatic heterocycles. The molecule has 1 atom stereocenters. The molecule has 1 N–H and O–H groups in total. The Bertz CT molecular complexity index is 680.